The molecule has 3 heterocycles. The largest absolute Gasteiger partial charge is 0.352 e. The van der Waals surface area contributed by atoms with Gasteiger partial charge in [0.2, 0.25) is 0 Å². The van der Waals surface area contributed by atoms with Gasteiger partial charge in [-0.3, -0.25) is 4.98 Å². The molecule has 0 saturated carbocycles. The van der Waals surface area contributed by atoms with Crippen molar-refractivity contribution < 1.29 is 0 Å². The maximum Gasteiger partial charge on any atom is 0.169 e. The highest BCUT2D eigenvalue weighted by molar-refractivity contribution is 7.80. The first-order valence-corrected chi connectivity index (χ1v) is 10.1. The van der Waals surface area contributed by atoms with E-state index in [1.807, 2.05) is 43.6 Å². The third kappa shape index (κ3) is 3.17. The molecule has 3 aromatic rings. The molecule has 144 valence electrons. The lowest BCUT2D eigenvalue weighted by Crippen LogP contribution is -2.25. The third-order valence-corrected chi connectivity index (χ3v) is 6.22. The van der Waals surface area contributed by atoms with E-state index < -0.39 is 0 Å². The molecule has 0 amide bonds. The van der Waals surface area contributed by atoms with Crippen molar-refractivity contribution in [1.82, 2.24) is 19.8 Å². The topological polar surface area (TPSA) is 33.1 Å². The van der Waals surface area contributed by atoms with Gasteiger partial charge in [-0.25, -0.2) is 0 Å². The lowest BCUT2D eigenvalue weighted by Gasteiger charge is -2.24. The molecule has 2 unspecified atom stereocenters. The van der Waals surface area contributed by atoms with Crippen molar-refractivity contribution >= 4 is 40.5 Å². The van der Waals surface area contributed by atoms with Crippen molar-refractivity contribution in [3.63, 3.8) is 0 Å². The van der Waals surface area contributed by atoms with Crippen LogP contribution in [0, 0.1) is 13.8 Å². The summed E-state index contributed by atoms with van der Waals surface area (Å²) in [4.78, 5) is 6.66. The first kappa shape index (κ1) is 19.2. The average Bonchev–Trinajstić information content (AvgIpc) is 3.12. The Labute approximate surface area is 180 Å². The van der Waals surface area contributed by atoms with E-state index in [1.54, 1.807) is 6.07 Å². The number of hydrogen-bond donors (Lipinski definition) is 1. The van der Waals surface area contributed by atoms with Gasteiger partial charge in [-0.1, -0.05) is 29.3 Å². The molecule has 1 saturated heterocycles. The van der Waals surface area contributed by atoms with E-state index >= 15 is 0 Å². The molecule has 4 rings (SSSR count). The predicted molar refractivity (Wildman–Crippen MR) is 118 cm³/mol. The van der Waals surface area contributed by atoms with E-state index in [1.165, 1.54) is 5.56 Å². The van der Waals surface area contributed by atoms with Crippen LogP contribution in [0.5, 0.6) is 0 Å². The standard InChI is InChI=1S/C21H20Cl2N4S/c1-12-10-15(13(2)27(12)18-8-7-14(22)11-16(18)23)20-19(25-21(28)26(20)3)17-6-4-5-9-24-17/h4-11,19-20H,1-3H3,(H,25,28). The molecule has 7 heteroatoms. The van der Waals surface area contributed by atoms with Crippen LogP contribution in [-0.4, -0.2) is 26.6 Å². The number of rotatable bonds is 3. The lowest BCUT2D eigenvalue weighted by molar-refractivity contribution is 0.367. The van der Waals surface area contributed by atoms with Crippen molar-refractivity contribution in [3.05, 3.63) is 81.4 Å². The molecule has 1 fully saturated rings. The molecule has 2 aromatic heterocycles. The summed E-state index contributed by atoms with van der Waals surface area (Å²) < 4.78 is 2.17. The second kappa shape index (κ2) is 7.39. The number of likely N-dealkylation sites (N-methyl/N-ethyl adjacent to an activating group) is 1. The van der Waals surface area contributed by atoms with Crippen LogP contribution in [0.3, 0.4) is 0 Å². The number of hydrogen-bond acceptors (Lipinski definition) is 2. The number of benzene rings is 1. The van der Waals surface area contributed by atoms with Crippen LogP contribution in [-0.2, 0) is 0 Å². The zero-order valence-electron chi connectivity index (χ0n) is 15.8. The molecule has 1 N–H and O–H groups in total. The summed E-state index contributed by atoms with van der Waals surface area (Å²) in [7, 11) is 2.02. The van der Waals surface area contributed by atoms with Crippen LogP contribution in [0.15, 0.2) is 48.7 Å². The van der Waals surface area contributed by atoms with Gasteiger partial charge in [-0.2, -0.15) is 0 Å². The van der Waals surface area contributed by atoms with E-state index in [4.69, 9.17) is 35.4 Å². The Morgan fingerprint density at radius 3 is 2.57 bits per heavy atom. The second-order valence-electron chi connectivity index (χ2n) is 7.00. The van der Waals surface area contributed by atoms with Crippen molar-refractivity contribution in [2.75, 3.05) is 7.05 Å². The van der Waals surface area contributed by atoms with Crippen LogP contribution >= 0.6 is 35.4 Å². The Morgan fingerprint density at radius 1 is 1.11 bits per heavy atom. The van der Waals surface area contributed by atoms with Crippen LogP contribution in [0.25, 0.3) is 5.69 Å². The number of aryl methyl sites for hydroxylation is 1. The maximum absolute atomic E-state index is 6.49. The number of pyridine rings is 1. The van der Waals surface area contributed by atoms with E-state index in [0.717, 1.165) is 27.9 Å². The molecular formula is C21H20Cl2N4S. The normalized spacial score (nSPS) is 19.2. The van der Waals surface area contributed by atoms with Crippen LogP contribution in [0.1, 0.15) is 34.7 Å². The minimum absolute atomic E-state index is 0.0201. The first-order chi connectivity index (χ1) is 13.4. The van der Waals surface area contributed by atoms with E-state index in [2.05, 4.69) is 39.7 Å². The smallest absolute Gasteiger partial charge is 0.169 e. The monoisotopic (exact) mass is 430 g/mol. The molecular weight excluding hydrogens is 411 g/mol. The van der Waals surface area contributed by atoms with Crippen LogP contribution in [0.4, 0.5) is 0 Å². The molecule has 0 aliphatic carbocycles. The fraction of sp³-hybridized carbons (Fsp3) is 0.238. The van der Waals surface area contributed by atoms with Crippen LogP contribution < -0.4 is 5.32 Å². The van der Waals surface area contributed by atoms with Gasteiger partial charge in [0, 0.05) is 29.7 Å². The third-order valence-electron chi connectivity index (χ3n) is 5.28. The number of aromatic nitrogens is 2. The van der Waals surface area contributed by atoms with E-state index in [9.17, 15) is 0 Å². The zero-order chi connectivity index (χ0) is 20.0. The average molecular weight is 431 g/mol. The lowest BCUT2D eigenvalue weighted by atomic mass is 9.97. The van der Waals surface area contributed by atoms with Gasteiger partial charge in [0.1, 0.15) is 0 Å². The molecule has 1 aliphatic rings. The molecule has 2 atom stereocenters. The summed E-state index contributed by atoms with van der Waals surface area (Å²) in [5, 5.41) is 5.39. The summed E-state index contributed by atoms with van der Waals surface area (Å²) in [5.41, 5.74) is 5.29. The van der Waals surface area contributed by atoms with E-state index in [0.29, 0.717) is 10.0 Å². The predicted octanol–water partition coefficient (Wildman–Crippen LogP) is 5.40. The van der Waals surface area contributed by atoms with Gasteiger partial charge < -0.3 is 14.8 Å². The molecule has 0 spiro atoms. The zero-order valence-corrected chi connectivity index (χ0v) is 18.1. The minimum atomic E-state index is -0.0201. The SMILES string of the molecule is Cc1cc(C2C(c3ccccn3)NC(=S)N2C)c(C)n1-c1ccc(Cl)cc1Cl. The van der Waals surface area contributed by atoms with Crippen molar-refractivity contribution in [3.8, 4) is 5.69 Å². The highest BCUT2D eigenvalue weighted by atomic mass is 35.5. The highest BCUT2D eigenvalue weighted by Gasteiger charge is 2.39. The molecule has 0 bridgehead atoms. The summed E-state index contributed by atoms with van der Waals surface area (Å²) in [6, 6.07) is 13.7. The minimum Gasteiger partial charge on any atom is -0.352 e. The Hall–Kier alpha value is -2.08. The molecule has 0 radical (unpaired) electrons. The van der Waals surface area contributed by atoms with Gasteiger partial charge in [-0.05, 0) is 68.0 Å². The summed E-state index contributed by atoms with van der Waals surface area (Å²) in [6.07, 6.45) is 1.81. The van der Waals surface area contributed by atoms with Crippen molar-refractivity contribution in [2.45, 2.75) is 25.9 Å². The van der Waals surface area contributed by atoms with Crippen molar-refractivity contribution in [2.24, 2.45) is 0 Å². The molecule has 1 aliphatic heterocycles. The van der Waals surface area contributed by atoms with Crippen LogP contribution in [0.2, 0.25) is 10.0 Å². The van der Waals surface area contributed by atoms with Gasteiger partial charge in [0.05, 0.1) is 28.5 Å². The summed E-state index contributed by atoms with van der Waals surface area (Å²) >= 11 is 18.1. The summed E-state index contributed by atoms with van der Waals surface area (Å²) in [6.45, 7) is 4.19. The maximum atomic E-state index is 6.49. The van der Waals surface area contributed by atoms with Gasteiger partial charge in [-0.15, -0.1) is 0 Å². The molecule has 4 nitrogen and oxygen atoms in total. The summed E-state index contributed by atoms with van der Waals surface area (Å²) in [5.74, 6) is 0. The van der Waals surface area contributed by atoms with E-state index in [-0.39, 0.29) is 12.1 Å². The van der Waals surface area contributed by atoms with Gasteiger partial charge in [0.25, 0.3) is 0 Å². The molecule has 1 aromatic carbocycles. The number of halogens is 2. The fourth-order valence-corrected chi connectivity index (χ4v) is 4.70. The number of nitrogens with one attached hydrogen (secondary N) is 1. The Balaban J connectivity index is 1.83. The highest BCUT2D eigenvalue weighted by Crippen LogP contribution is 2.41. The fourth-order valence-electron chi connectivity index (χ4n) is 3.97. The molecule has 28 heavy (non-hydrogen) atoms. The second-order valence-corrected chi connectivity index (χ2v) is 8.23. The Bertz CT molecular complexity index is 1050. The van der Waals surface area contributed by atoms with Gasteiger partial charge >= 0.3 is 0 Å². The first-order valence-electron chi connectivity index (χ1n) is 8.97. The quantitative estimate of drug-likeness (QED) is 0.563. The Morgan fingerprint density at radius 2 is 1.89 bits per heavy atom. The van der Waals surface area contributed by atoms with Gasteiger partial charge in [0.15, 0.2) is 5.11 Å². The number of thiocarbonyl (C=S) groups is 1. The Kier molecular flexibility index (Phi) is 5.08. The number of nitrogens with zero attached hydrogens (tertiary/aromatic N) is 3. The van der Waals surface area contributed by atoms with Crippen molar-refractivity contribution in [1.29, 1.82) is 0 Å².